The highest BCUT2D eigenvalue weighted by Gasteiger charge is 2.31. The topological polar surface area (TPSA) is 64.6 Å². The summed E-state index contributed by atoms with van der Waals surface area (Å²) in [6.45, 7) is 3.25. The van der Waals surface area contributed by atoms with E-state index >= 15 is 0 Å². The molecule has 0 unspecified atom stereocenters. The zero-order valence-electron chi connectivity index (χ0n) is 13.5. The van der Waals surface area contributed by atoms with Crippen LogP contribution >= 0.6 is 11.3 Å². The molecule has 1 fully saturated rings. The number of aryl methyl sites for hydroxylation is 1. The highest BCUT2D eigenvalue weighted by molar-refractivity contribution is 7.91. The lowest BCUT2D eigenvalue weighted by atomic mass is 10.1. The van der Waals surface area contributed by atoms with E-state index < -0.39 is 10.0 Å². The molecule has 0 saturated carbocycles. The maximum absolute atomic E-state index is 12.5. The third-order valence-corrected chi connectivity index (χ3v) is 6.88. The molecule has 1 aromatic carbocycles. The molecule has 2 atom stereocenters. The standard InChI is InChI=1S/C17H21NO4S2/c1-13-7-8-17(23-13)24(19,20)18-15-9-10-21-12-16(15)22-11-14-5-3-2-4-6-14/h2-8,15-16,18H,9-12H2,1H3/t15-,16-/m1/s1. The molecule has 7 heteroatoms. The minimum atomic E-state index is -3.52. The van der Waals surface area contributed by atoms with Gasteiger partial charge >= 0.3 is 0 Å². The first-order valence-electron chi connectivity index (χ1n) is 7.86. The molecular weight excluding hydrogens is 346 g/mol. The number of ether oxygens (including phenoxy) is 2. The lowest BCUT2D eigenvalue weighted by molar-refractivity contribution is -0.0711. The van der Waals surface area contributed by atoms with E-state index in [1.165, 1.54) is 11.3 Å². The van der Waals surface area contributed by atoms with Crippen LogP contribution in [0.5, 0.6) is 0 Å². The summed E-state index contributed by atoms with van der Waals surface area (Å²) in [5, 5.41) is 0. The Labute approximate surface area is 146 Å². The lowest BCUT2D eigenvalue weighted by Gasteiger charge is -2.31. The molecule has 2 aromatic rings. The number of nitrogens with one attached hydrogen (secondary N) is 1. The quantitative estimate of drug-likeness (QED) is 0.853. The maximum Gasteiger partial charge on any atom is 0.250 e. The third-order valence-electron chi connectivity index (χ3n) is 3.90. The van der Waals surface area contributed by atoms with Crippen molar-refractivity contribution >= 4 is 21.4 Å². The van der Waals surface area contributed by atoms with E-state index in [2.05, 4.69) is 4.72 Å². The van der Waals surface area contributed by atoms with Gasteiger partial charge < -0.3 is 9.47 Å². The second kappa shape index (κ2) is 7.76. The Hall–Kier alpha value is -1.25. The van der Waals surface area contributed by atoms with Gasteiger partial charge in [-0.2, -0.15) is 0 Å². The summed E-state index contributed by atoms with van der Waals surface area (Å²) in [5.74, 6) is 0. The Morgan fingerprint density at radius 2 is 2.04 bits per heavy atom. The molecule has 0 spiro atoms. The molecule has 24 heavy (non-hydrogen) atoms. The Kier molecular flexibility index (Phi) is 5.68. The molecule has 1 saturated heterocycles. The summed E-state index contributed by atoms with van der Waals surface area (Å²) < 4.78 is 39.6. The van der Waals surface area contributed by atoms with E-state index in [9.17, 15) is 8.42 Å². The summed E-state index contributed by atoms with van der Waals surface area (Å²) in [7, 11) is -3.52. The van der Waals surface area contributed by atoms with Crippen LogP contribution in [-0.2, 0) is 26.1 Å². The lowest BCUT2D eigenvalue weighted by Crippen LogP contribution is -2.49. The van der Waals surface area contributed by atoms with Gasteiger partial charge in [0.15, 0.2) is 0 Å². The number of thiophene rings is 1. The number of sulfonamides is 1. The molecule has 1 aliphatic rings. The van der Waals surface area contributed by atoms with Gasteiger partial charge in [-0.1, -0.05) is 30.3 Å². The normalized spacial score (nSPS) is 21.7. The Morgan fingerprint density at radius 3 is 2.75 bits per heavy atom. The van der Waals surface area contributed by atoms with Gasteiger partial charge in [-0.15, -0.1) is 11.3 Å². The molecule has 1 N–H and O–H groups in total. The van der Waals surface area contributed by atoms with Gasteiger partial charge in [-0.3, -0.25) is 0 Å². The fourth-order valence-corrected chi connectivity index (χ4v) is 5.20. The average molecular weight is 367 g/mol. The van der Waals surface area contributed by atoms with Crippen molar-refractivity contribution in [1.82, 2.24) is 4.72 Å². The van der Waals surface area contributed by atoms with Gasteiger partial charge in [0.25, 0.3) is 0 Å². The molecule has 0 aliphatic carbocycles. The van der Waals surface area contributed by atoms with Crippen LogP contribution in [-0.4, -0.2) is 33.8 Å². The highest BCUT2D eigenvalue weighted by Crippen LogP contribution is 2.22. The summed E-state index contributed by atoms with van der Waals surface area (Å²) in [5.41, 5.74) is 1.05. The van der Waals surface area contributed by atoms with Crippen molar-refractivity contribution in [1.29, 1.82) is 0 Å². The minimum Gasteiger partial charge on any atom is -0.379 e. The van der Waals surface area contributed by atoms with Crippen molar-refractivity contribution in [3.8, 4) is 0 Å². The van der Waals surface area contributed by atoms with Gasteiger partial charge in [-0.25, -0.2) is 13.1 Å². The van der Waals surface area contributed by atoms with Gasteiger partial charge in [0.05, 0.1) is 25.4 Å². The zero-order valence-corrected chi connectivity index (χ0v) is 15.1. The van der Waals surface area contributed by atoms with E-state index in [-0.39, 0.29) is 12.1 Å². The molecule has 130 valence electrons. The van der Waals surface area contributed by atoms with Gasteiger partial charge in [0, 0.05) is 11.5 Å². The van der Waals surface area contributed by atoms with E-state index in [0.717, 1.165) is 10.4 Å². The highest BCUT2D eigenvalue weighted by atomic mass is 32.2. The molecule has 0 bridgehead atoms. The first kappa shape index (κ1) is 17.6. The van der Waals surface area contributed by atoms with Crippen LogP contribution in [0.1, 0.15) is 16.9 Å². The SMILES string of the molecule is Cc1ccc(S(=O)(=O)N[C@@H]2CCOC[C@H]2OCc2ccccc2)s1. The van der Waals surface area contributed by atoms with Crippen LogP contribution in [0.25, 0.3) is 0 Å². The fourth-order valence-electron chi connectivity index (χ4n) is 2.60. The van der Waals surface area contributed by atoms with Crippen LogP contribution in [0.4, 0.5) is 0 Å². The van der Waals surface area contributed by atoms with Crippen LogP contribution in [0.3, 0.4) is 0 Å². The molecule has 3 rings (SSSR count). The van der Waals surface area contributed by atoms with Crippen LogP contribution in [0.2, 0.25) is 0 Å². The van der Waals surface area contributed by atoms with E-state index in [1.54, 1.807) is 6.07 Å². The first-order valence-corrected chi connectivity index (χ1v) is 10.2. The zero-order chi connectivity index (χ0) is 17.0. The number of benzene rings is 1. The number of hydrogen-bond donors (Lipinski definition) is 1. The maximum atomic E-state index is 12.5. The molecule has 0 amide bonds. The van der Waals surface area contributed by atoms with Crippen LogP contribution in [0, 0.1) is 6.92 Å². The Bertz CT molecular complexity index is 758. The number of rotatable bonds is 6. The second-order valence-corrected chi connectivity index (χ2v) is 9.02. The van der Waals surface area contributed by atoms with Gasteiger partial charge in [0.2, 0.25) is 10.0 Å². The van der Waals surface area contributed by atoms with Gasteiger partial charge in [0.1, 0.15) is 4.21 Å². The van der Waals surface area contributed by atoms with Crippen molar-refractivity contribution in [3.05, 3.63) is 52.9 Å². The minimum absolute atomic E-state index is 0.283. The fraction of sp³-hybridized carbons (Fsp3) is 0.412. The summed E-state index contributed by atoms with van der Waals surface area (Å²) in [6.07, 6.45) is 0.304. The molecular formula is C17H21NO4S2. The molecule has 1 aromatic heterocycles. The van der Waals surface area contributed by atoms with Crippen molar-refractivity contribution in [2.75, 3.05) is 13.2 Å². The Morgan fingerprint density at radius 1 is 1.25 bits per heavy atom. The van der Waals surface area contributed by atoms with Crippen LogP contribution < -0.4 is 4.72 Å². The molecule has 1 aliphatic heterocycles. The predicted octanol–water partition coefficient (Wildman–Crippen LogP) is 2.71. The Balaban J connectivity index is 1.66. The summed E-state index contributed by atoms with van der Waals surface area (Å²) >= 11 is 1.27. The number of hydrogen-bond acceptors (Lipinski definition) is 5. The second-order valence-electron chi connectivity index (χ2n) is 5.79. The van der Waals surface area contributed by atoms with Crippen molar-refractivity contribution in [2.24, 2.45) is 0 Å². The van der Waals surface area contributed by atoms with Crippen molar-refractivity contribution in [3.63, 3.8) is 0 Å². The third kappa shape index (κ3) is 4.43. The van der Waals surface area contributed by atoms with E-state index in [0.29, 0.717) is 30.5 Å². The first-order chi connectivity index (χ1) is 11.5. The van der Waals surface area contributed by atoms with Gasteiger partial charge in [-0.05, 0) is 31.0 Å². The predicted molar refractivity (Wildman–Crippen MR) is 93.6 cm³/mol. The molecule has 0 radical (unpaired) electrons. The summed E-state index contributed by atoms with van der Waals surface area (Å²) in [4.78, 5) is 0.972. The average Bonchev–Trinajstić information content (AvgIpc) is 3.02. The van der Waals surface area contributed by atoms with E-state index in [1.807, 2.05) is 43.3 Å². The van der Waals surface area contributed by atoms with Crippen molar-refractivity contribution in [2.45, 2.75) is 36.3 Å². The largest absolute Gasteiger partial charge is 0.379 e. The monoisotopic (exact) mass is 367 g/mol. The van der Waals surface area contributed by atoms with E-state index in [4.69, 9.17) is 9.47 Å². The van der Waals surface area contributed by atoms with Crippen molar-refractivity contribution < 1.29 is 17.9 Å². The molecule has 5 nitrogen and oxygen atoms in total. The summed E-state index contributed by atoms with van der Waals surface area (Å²) in [6, 6.07) is 13.0. The molecule has 2 heterocycles. The smallest absolute Gasteiger partial charge is 0.250 e. The van der Waals surface area contributed by atoms with Crippen LogP contribution in [0.15, 0.2) is 46.7 Å².